The van der Waals surface area contributed by atoms with Crippen molar-refractivity contribution in [3.05, 3.63) is 59.7 Å². The van der Waals surface area contributed by atoms with E-state index in [9.17, 15) is 9.59 Å². The third-order valence-corrected chi connectivity index (χ3v) is 7.08. The number of primary amides is 1. The Morgan fingerprint density at radius 3 is 2.30 bits per heavy atom. The molecule has 1 aliphatic rings. The number of hydrogen-bond donors (Lipinski definition) is 2. The van der Waals surface area contributed by atoms with Gasteiger partial charge in [-0.1, -0.05) is 0 Å². The SMILES string of the molecule is NC(=O)c1ccccc1[Se]1NC(=O)c2ccccc21.[Cl-]. The minimum absolute atomic E-state index is 0. The van der Waals surface area contributed by atoms with Gasteiger partial charge in [0.05, 0.1) is 0 Å². The molecule has 1 heterocycles. The van der Waals surface area contributed by atoms with E-state index in [1.165, 1.54) is 0 Å². The fourth-order valence-corrected chi connectivity index (χ4v) is 6.15. The van der Waals surface area contributed by atoms with Crippen molar-refractivity contribution in [1.82, 2.24) is 4.33 Å². The van der Waals surface area contributed by atoms with Gasteiger partial charge in [-0.15, -0.1) is 0 Å². The zero-order valence-corrected chi connectivity index (χ0v) is 12.8. The molecule has 3 N–H and O–H groups in total. The monoisotopic (exact) mass is 354 g/mol. The topological polar surface area (TPSA) is 72.2 Å². The zero-order chi connectivity index (χ0) is 13.4. The second kappa shape index (κ2) is 5.67. The van der Waals surface area contributed by atoms with Crippen molar-refractivity contribution in [1.29, 1.82) is 0 Å². The van der Waals surface area contributed by atoms with Gasteiger partial charge in [-0.25, -0.2) is 0 Å². The molecule has 0 aliphatic carbocycles. The van der Waals surface area contributed by atoms with Gasteiger partial charge in [0.15, 0.2) is 0 Å². The van der Waals surface area contributed by atoms with E-state index in [1.807, 2.05) is 30.3 Å². The van der Waals surface area contributed by atoms with Crippen LogP contribution in [0.1, 0.15) is 20.7 Å². The van der Waals surface area contributed by atoms with E-state index in [0.29, 0.717) is 11.1 Å². The molecular formula is C14H11ClN2O2Se-. The summed E-state index contributed by atoms with van der Waals surface area (Å²) in [6.45, 7) is 0. The van der Waals surface area contributed by atoms with E-state index >= 15 is 0 Å². The van der Waals surface area contributed by atoms with Crippen molar-refractivity contribution < 1.29 is 22.0 Å². The predicted octanol–water partition coefficient (Wildman–Crippen LogP) is -3.36. The number of nitrogens with one attached hydrogen (secondary N) is 1. The van der Waals surface area contributed by atoms with Crippen LogP contribution >= 0.6 is 0 Å². The van der Waals surface area contributed by atoms with Crippen molar-refractivity contribution in [2.45, 2.75) is 0 Å². The molecule has 4 nitrogen and oxygen atoms in total. The number of carbonyl (C=O) groups excluding carboxylic acids is 2. The first kappa shape index (κ1) is 14.6. The Bertz CT molecular complexity index is 690. The molecule has 103 valence electrons. The average Bonchev–Trinajstić information content (AvgIpc) is 2.77. The molecule has 6 heteroatoms. The summed E-state index contributed by atoms with van der Waals surface area (Å²) in [5.74, 6) is -0.530. The van der Waals surface area contributed by atoms with Gasteiger partial charge in [0.1, 0.15) is 0 Å². The van der Waals surface area contributed by atoms with Crippen LogP contribution in [0.2, 0.25) is 0 Å². The van der Waals surface area contributed by atoms with Crippen molar-refractivity contribution in [3.8, 4) is 0 Å². The van der Waals surface area contributed by atoms with Gasteiger partial charge in [0, 0.05) is 0 Å². The molecular weight excluding hydrogens is 343 g/mol. The van der Waals surface area contributed by atoms with E-state index in [-0.39, 0.29) is 18.3 Å². The fourth-order valence-electron chi connectivity index (χ4n) is 2.06. The van der Waals surface area contributed by atoms with Crippen molar-refractivity contribution >= 4 is 34.9 Å². The number of hydrogen-bond acceptors (Lipinski definition) is 2. The van der Waals surface area contributed by atoms with Crippen LogP contribution in [0, 0.1) is 0 Å². The normalized spacial score (nSPS) is 13.3. The molecule has 1 aliphatic heterocycles. The van der Waals surface area contributed by atoms with Crippen LogP contribution in [0.25, 0.3) is 0 Å². The van der Waals surface area contributed by atoms with Crippen LogP contribution in [0.15, 0.2) is 48.5 Å². The van der Waals surface area contributed by atoms with Gasteiger partial charge in [-0.05, 0) is 0 Å². The van der Waals surface area contributed by atoms with Crippen LogP contribution in [-0.4, -0.2) is 25.9 Å². The maximum absolute atomic E-state index is 11.9. The molecule has 2 aromatic rings. The van der Waals surface area contributed by atoms with Gasteiger partial charge in [-0.3, -0.25) is 0 Å². The minimum Gasteiger partial charge on any atom is -1.00 e. The summed E-state index contributed by atoms with van der Waals surface area (Å²) in [5.41, 5.74) is 6.60. The number of fused-ring (bicyclic) bond motifs is 1. The van der Waals surface area contributed by atoms with Crippen molar-refractivity contribution in [2.75, 3.05) is 0 Å². The first-order chi connectivity index (χ1) is 9.18. The standard InChI is InChI=1S/C14H11N2O2Se.ClH/c15-13(17)9-5-1-3-7-11(9)19-12-8-4-2-6-10(12)14(18)16-19;/h1-8H,(H2,15,17)(H,16,18);1H/p-1. The van der Waals surface area contributed by atoms with Crippen LogP contribution in [0.4, 0.5) is 0 Å². The molecule has 0 unspecified atom stereocenters. The van der Waals surface area contributed by atoms with E-state index in [0.717, 1.165) is 8.92 Å². The largest absolute Gasteiger partial charge is 1.00 e. The van der Waals surface area contributed by atoms with Crippen LogP contribution in [0.3, 0.4) is 0 Å². The Labute approximate surface area is 126 Å². The Balaban J connectivity index is 0.00000147. The first-order valence-electron chi connectivity index (χ1n) is 5.71. The molecule has 0 spiro atoms. The van der Waals surface area contributed by atoms with Gasteiger partial charge < -0.3 is 12.4 Å². The molecule has 3 rings (SSSR count). The van der Waals surface area contributed by atoms with Gasteiger partial charge in [0.2, 0.25) is 0 Å². The molecule has 2 amide bonds. The third-order valence-electron chi connectivity index (χ3n) is 2.92. The molecule has 0 atom stereocenters. The maximum atomic E-state index is 11.9. The quantitative estimate of drug-likeness (QED) is 0.554. The zero-order valence-electron chi connectivity index (χ0n) is 10.3. The van der Waals surface area contributed by atoms with Crippen molar-refractivity contribution in [3.63, 3.8) is 0 Å². The first-order valence-corrected chi connectivity index (χ1v) is 8.28. The summed E-state index contributed by atoms with van der Waals surface area (Å²) in [7, 11) is 0. The summed E-state index contributed by atoms with van der Waals surface area (Å²) in [6, 6.07) is 14.7. The second-order valence-electron chi connectivity index (χ2n) is 4.09. The Hall–Kier alpha value is -1.81. The third kappa shape index (κ3) is 2.31. The number of nitrogens with two attached hydrogens (primary N) is 1. The fraction of sp³-hybridized carbons (Fsp3) is 0. The molecule has 0 bridgehead atoms. The Morgan fingerprint density at radius 2 is 1.60 bits per heavy atom. The summed E-state index contributed by atoms with van der Waals surface area (Å²) in [6.07, 6.45) is 0. The number of carbonyl (C=O) groups is 2. The number of amides is 2. The minimum atomic E-state index is -1.73. The number of benzene rings is 2. The average molecular weight is 354 g/mol. The van der Waals surface area contributed by atoms with Crippen LogP contribution < -0.4 is 31.4 Å². The molecule has 20 heavy (non-hydrogen) atoms. The van der Waals surface area contributed by atoms with E-state index < -0.39 is 20.0 Å². The smallest absolute Gasteiger partial charge is 1.00 e. The van der Waals surface area contributed by atoms with E-state index in [1.54, 1.807) is 18.2 Å². The number of rotatable bonds is 2. The molecule has 0 saturated carbocycles. The molecule has 0 saturated heterocycles. The Morgan fingerprint density at radius 1 is 1.00 bits per heavy atom. The summed E-state index contributed by atoms with van der Waals surface area (Å²) in [4.78, 5) is 23.4. The van der Waals surface area contributed by atoms with Crippen LogP contribution in [0.5, 0.6) is 0 Å². The second-order valence-corrected chi connectivity index (χ2v) is 7.65. The van der Waals surface area contributed by atoms with Gasteiger partial charge >= 0.3 is 114 Å². The molecule has 0 aromatic heterocycles. The van der Waals surface area contributed by atoms with Crippen molar-refractivity contribution in [2.24, 2.45) is 5.73 Å². The molecule has 1 radical (unpaired) electrons. The summed E-state index contributed by atoms with van der Waals surface area (Å²) in [5, 5.41) is 0. The van der Waals surface area contributed by atoms with Gasteiger partial charge in [-0.2, -0.15) is 0 Å². The summed E-state index contributed by atoms with van der Waals surface area (Å²) >= 11 is -1.73. The maximum Gasteiger partial charge on any atom is -1.00 e. The summed E-state index contributed by atoms with van der Waals surface area (Å²) < 4.78 is 4.87. The van der Waals surface area contributed by atoms with Gasteiger partial charge in [0.25, 0.3) is 0 Å². The van der Waals surface area contributed by atoms with E-state index in [2.05, 4.69) is 4.33 Å². The van der Waals surface area contributed by atoms with Crippen LogP contribution in [-0.2, 0) is 0 Å². The Kier molecular flexibility index (Phi) is 4.14. The predicted molar refractivity (Wildman–Crippen MR) is 73.9 cm³/mol. The van der Waals surface area contributed by atoms with E-state index in [4.69, 9.17) is 5.73 Å². The molecule has 0 fully saturated rings. The molecule has 2 aromatic carbocycles. The number of halogens is 1.